The Hall–Kier alpha value is -2.00. The Bertz CT molecular complexity index is 679. The summed E-state index contributed by atoms with van der Waals surface area (Å²) in [7, 11) is 0. The molecule has 0 saturated carbocycles. The maximum absolute atomic E-state index is 6.18. The fourth-order valence-corrected chi connectivity index (χ4v) is 3.86. The van der Waals surface area contributed by atoms with Gasteiger partial charge in [-0.2, -0.15) is 0 Å². The van der Waals surface area contributed by atoms with Crippen LogP contribution in [0, 0.1) is 0 Å². The number of para-hydroxylation sites is 2. The van der Waals surface area contributed by atoms with Crippen molar-refractivity contribution in [1.82, 2.24) is 4.90 Å². The van der Waals surface area contributed by atoms with E-state index < -0.39 is 0 Å². The number of hydrogen-bond donors (Lipinski definition) is 0. The molecule has 3 nitrogen and oxygen atoms in total. The summed E-state index contributed by atoms with van der Waals surface area (Å²) in [5, 5.41) is 0. The van der Waals surface area contributed by atoms with E-state index in [1.807, 2.05) is 6.07 Å². The van der Waals surface area contributed by atoms with Gasteiger partial charge in [0.05, 0.1) is 6.61 Å². The lowest BCUT2D eigenvalue weighted by Gasteiger charge is -2.27. The van der Waals surface area contributed by atoms with Gasteiger partial charge in [-0.15, -0.1) is 0 Å². The predicted octanol–water partition coefficient (Wildman–Crippen LogP) is 4.08. The number of nitrogens with zero attached hydrogens (tertiary/aromatic N) is 1. The van der Waals surface area contributed by atoms with Crippen molar-refractivity contribution in [1.29, 1.82) is 0 Å². The van der Waals surface area contributed by atoms with Crippen molar-refractivity contribution < 1.29 is 9.47 Å². The topological polar surface area (TPSA) is 21.7 Å². The van der Waals surface area contributed by atoms with E-state index in [9.17, 15) is 0 Å². The smallest absolute Gasteiger partial charge is 0.123 e. The fraction of sp³-hybridized carbons (Fsp3) is 0.429. The molecule has 0 aromatic heterocycles. The summed E-state index contributed by atoms with van der Waals surface area (Å²) in [5.74, 6) is 2.40. The van der Waals surface area contributed by atoms with Crippen molar-refractivity contribution in [2.45, 2.75) is 25.2 Å². The summed E-state index contributed by atoms with van der Waals surface area (Å²) < 4.78 is 12.0. The van der Waals surface area contributed by atoms with E-state index in [1.54, 1.807) is 0 Å². The molecule has 2 aromatic carbocycles. The molecule has 1 fully saturated rings. The monoisotopic (exact) mass is 323 g/mol. The lowest BCUT2D eigenvalue weighted by Crippen LogP contribution is -2.25. The minimum Gasteiger partial charge on any atom is -0.493 e. The molecule has 4 rings (SSSR count). The van der Waals surface area contributed by atoms with Crippen LogP contribution >= 0.6 is 0 Å². The highest BCUT2D eigenvalue weighted by Gasteiger charge is 2.25. The number of rotatable bonds is 5. The summed E-state index contributed by atoms with van der Waals surface area (Å²) in [6.07, 6.45) is 3.66. The molecule has 0 amide bonds. The molecule has 2 aromatic rings. The minimum atomic E-state index is 0.359. The zero-order chi connectivity index (χ0) is 16.2. The Morgan fingerprint density at radius 1 is 0.958 bits per heavy atom. The maximum atomic E-state index is 6.18. The first kappa shape index (κ1) is 15.5. The maximum Gasteiger partial charge on any atom is 0.123 e. The van der Waals surface area contributed by atoms with Crippen LogP contribution in [0.5, 0.6) is 11.5 Å². The Labute approximate surface area is 144 Å². The zero-order valence-corrected chi connectivity index (χ0v) is 14.1. The van der Waals surface area contributed by atoms with Crippen LogP contribution in [0.25, 0.3) is 0 Å². The van der Waals surface area contributed by atoms with Crippen molar-refractivity contribution in [2.24, 2.45) is 0 Å². The van der Waals surface area contributed by atoms with Crippen LogP contribution in [0.4, 0.5) is 0 Å². The third kappa shape index (κ3) is 3.27. The van der Waals surface area contributed by atoms with Crippen molar-refractivity contribution in [3.05, 3.63) is 59.7 Å². The summed E-state index contributed by atoms with van der Waals surface area (Å²) in [6.45, 7) is 5.00. The van der Waals surface area contributed by atoms with Gasteiger partial charge in [0, 0.05) is 23.6 Å². The van der Waals surface area contributed by atoms with E-state index >= 15 is 0 Å². The number of fused-ring (bicyclic) bond motifs is 1. The van der Waals surface area contributed by atoms with Crippen LogP contribution in [-0.2, 0) is 0 Å². The number of likely N-dealkylation sites (tertiary alicyclic amines) is 1. The van der Waals surface area contributed by atoms with Crippen LogP contribution in [0.3, 0.4) is 0 Å². The highest BCUT2D eigenvalue weighted by Crippen LogP contribution is 2.41. The van der Waals surface area contributed by atoms with E-state index in [2.05, 4.69) is 47.4 Å². The molecular formula is C21H25NO2. The first-order chi connectivity index (χ1) is 11.9. The second kappa shape index (κ2) is 7.27. The van der Waals surface area contributed by atoms with Crippen molar-refractivity contribution in [3.63, 3.8) is 0 Å². The largest absolute Gasteiger partial charge is 0.493 e. The van der Waals surface area contributed by atoms with Gasteiger partial charge in [0.25, 0.3) is 0 Å². The zero-order valence-electron chi connectivity index (χ0n) is 14.1. The van der Waals surface area contributed by atoms with Gasteiger partial charge in [0.1, 0.15) is 18.1 Å². The number of hydrogen-bond acceptors (Lipinski definition) is 3. The average molecular weight is 323 g/mol. The summed E-state index contributed by atoms with van der Waals surface area (Å²) >= 11 is 0. The molecule has 1 saturated heterocycles. The fourth-order valence-electron chi connectivity index (χ4n) is 3.86. The van der Waals surface area contributed by atoms with Gasteiger partial charge in [0.15, 0.2) is 0 Å². The molecule has 0 spiro atoms. The second-order valence-corrected chi connectivity index (χ2v) is 6.66. The molecule has 126 valence electrons. The van der Waals surface area contributed by atoms with Gasteiger partial charge >= 0.3 is 0 Å². The second-order valence-electron chi connectivity index (χ2n) is 6.66. The van der Waals surface area contributed by atoms with Gasteiger partial charge in [0.2, 0.25) is 0 Å². The molecule has 1 atom stereocenters. The van der Waals surface area contributed by atoms with Crippen LogP contribution in [0.1, 0.15) is 36.3 Å². The van der Waals surface area contributed by atoms with E-state index in [0.717, 1.165) is 37.7 Å². The van der Waals surface area contributed by atoms with Crippen molar-refractivity contribution in [2.75, 3.05) is 32.8 Å². The van der Waals surface area contributed by atoms with Crippen LogP contribution in [-0.4, -0.2) is 37.7 Å². The SMILES string of the molecule is c1ccc2c(c1)OCCC2c1ccccc1OCCN1CCCC1. The van der Waals surface area contributed by atoms with Gasteiger partial charge in [-0.25, -0.2) is 0 Å². The lowest BCUT2D eigenvalue weighted by atomic mass is 9.86. The van der Waals surface area contributed by atoms with E-state index in [1.165, 1.54) is 37.1 Å². The molecule has 0 aliphatic carbocycles. The number of benzene rings is 2. The molecule has 0 N–H and O–H groups in total. The molecule has 24 heavy (non-hydrogen) atoms. The van der Waals surface area contributed by atoms with Crippen LogP contribution < -0.4 is 9.47 Å². The third-order valence-corrected chi connectivity index (χ3v) is 5.12. The van der Waals surface area contributed by atoms with Gasteiger partial charge < -0.3 is 9.47 Å². The first-order valence-corrected chi connectivity index (χ1v) is 9.07. The molecule has 2 aliphatic rings. The molecular weight excluding hydrogens is 298 g/mol. The average Bonchev–Trinajstić information content (AvgIpc) is 3.15. The molecule has 2 aliphatic heterocycles. The molecule has 2 heterocycles. The quantitative estimate of drug-likeness (QED) is 0.828. The minimum absolute atomic E-state index is 0.359. The highest BCUT2D eigenvalue weighted by atomic mass is 16.5. The van der Waals surface area contributed by atoms with Crippen LogP contribution in [0.2, 0.25) is 0 Å². The Kier molecular flexibility index (Phi) is 4.70. The highest BCUT2D eigenvalue weighted by molar-refractivity contribution is 5.48. The van der Waals surface area contributed by atoms with Gasteiger partial charge in [-0.3, -0.25) is 4.90 Å². The van der Waals surface area contributed by atoms with Gasteiger partial charge in [-0.1, -0.05) is 36.4 Å². The number of ether oxygens (including phenoxy) is 2. The normalized spacial score (nSPS) is 20.4. The van der Waals surface area contributed by atoms with E-state index in [0.29, 0.717) is 5.92 Å². The third-order valence-electron chi connectivity index (χ3n) is 5.12. The summed E-state index contributed by atoms with van der Waals surface area (Å²) in [5.41, 5.74) is 2.56. The Balaban J connectivity index is 1.51. The molecule has 0 radical (unpaired) electrons. The van der Waals surface area contributed by atoms with Gasteiger partial charge in [-0.05, 0) is 44.5 Å². The Morgan fingerprint density at radius 2 is 1.71 bits per heavy atom. The Morgan fingerprint density at radius 3 is 2.58 bits per heavy atom. The van der Waals surface area contributed by atoms with E-state index in [4.69, 9.17) is 9.47 Å². The van der Waals surface area contributed by atoms with Crippen molar-refractivity contribution >= 4 is 0 Å². The lowest BCUT2D eigenvalue weighted by molar-refractivity contribution is 0.233. The first-order valence-electron chi connectivity index (χ1n) is 9.07. The summed E-state index contributed by atoms with van der Waals surface area (Å²) in [6, 6.07) is 16.9. The predicted molar refractivity (Wildman–Crippen MR) is 96.0 cm³/mol. The van der Waals surface area contributed by atoms with Crippen LogP contribution in [0.15, 0.2) is 48.5 Å². The molecule has 3 heteroatoms. The standard InChI is InChI=1S/C21H25NO2/c1-3-9-20-18(7-1)17(11-15-23-20)19-8-2-4-10-21(19)24-16-14-22-12-5-6-13-22/h1-4,7-10,17H,5-6,11-16H2. The molecule has 1 unspecified atom stereocenters. The summed E-state index contributed by atoms with van der Waals surface area (Å²) in [4.78, 5) is 2.49. The van der Waals surface area contributed by atoms with Crippen molar-refractivity contribution in [3.8, 4) is 11.5 Å². The molecule has 0 bridgehead atoms. The van der Waals surface area contributed by atoms with E-state index in [-0.39, 0.29) is 0 Å².